The van der Waals surface area contributed by atoms with Gasteiger partial charge in [-0.05, 0) is 49.4 Å². The molecule has 106 valence electrons. The minimum atomic E-state index is 0.456. The summed E-state index contributed by atoms with van der Waals surface area (Å²) in [7, 11) is 0. The summed E-state index contributed by atoms with van der Waals surface area (Å²) in [5.74, 6) is 0.640. The summed E-state index contributed by atoms with van der Waals surface area (Å²) >= 11 is 3.46. The molecule has 0 radical (unpaired) electrons. The first-order valence-corrected chi connectivity index (χ1v) is 7.98. The van der Waals surface area contributed by atoms with Crippen LogP contribution in [0.3, 0.4) is 0 Å². The molecule has 1 aliphatic rings. The van der Waals surface area contributed by atoms with Crippen molar-refractivity contribution in [1.29, 1.82) is 5.26 Å². The standard InChI is InChI=1S/C18H17BrN2/c1-12-2-4-13(5-3-12)15-8-17(9-15)21-18-10-16(19)7-6-14(18)11-20/h2-7,10,15,17,21H,8-9H2,1H3. The number of nitrogens with one attached hydrogen (secondary N) is 1. The van der Waals surface area contributed by atoms with E-state index < -0.39 is 0 Å². The maximum absolute atomic E-state index is 9.16. The molecule has 0 unspecified atom stereocenters. The molecule has 3 rings (SSSR count). The van der Waals surface area contributed by atoms with Gasteiger partial charge in [-0.2, -0.15) is 5.26 Å². The Kier molecular flexibility index (Phi) is 3.98. The molecule has 0 amide bonds. The van der Waals surface area contributed by atoms with Gasteiger partial charge in [0, 0.05) is 10.5 Å². The summed E-state index contributed by atoms with van der Waals surface area (Å²) in [6.45, 7) is 2.12. The van der Waals surface area contributed by atoms with E-state index in [-0.39, 0.29) is 0 Å². The first kappa shape index (κ1) is 14.2. The summed E-state index contributed by atoms with van der Waals surface area (Å²) in [4.78, 5) is 0. The quantitative estimate of drug-likeness (QED) is 0.854. The van der Waals surface area contributed by atoms with Gasteiger partial charge in [0.2, 0.25) is 0 Å². The minimum Gasteiger partial charge on any atom is -0.381 e. The van der Waals surface area contributed by atoms with Crippen LogP contribution in [-0.2, 0) is 0 Å². The maximum atomic E-state index is 9.16. The molecule has 0 bridgehead atoms. The third-order valence-corrected chi connectivity index (χ3v) is 4.64. The number of hydrogen-bond donors (Lipinski definition) is 1. The van der Waals surface area contributed by atoms with Gasteiger partial charge in [-0.3, -0.25) is 0 Å². The van der Waals surface area contributed by atoms with Gasteiger partial charge in [0.15, 0.2) is 0 Å². The topological polar surface area (TPSA) is 35.8 Å². The highest BCUT2D eigenvalue weighted by atomic mass is 79.9. The average molecular weight is 341 g/mol. The van der Waals surface area contributed by atoms with Crippen LogP contribution >= 0.6 is 15.9 Å². The number of halogens is 1. The summed E-state index contributed by atoms with van der Waals surface area (Å²) in [5, 5.41) is 12.7. The van der Waals surface area contributed by atoms with Crippen LogP contribution in [0.4, 0.5) is 5.69 Å². The number of hydrogen-bond acceptors (Lipinski definition) is 2. The van der Waals surface area contributed by atoms with E-state index in [1.807, 2.05) is 18.2 Å². The van der Waals surface area contributed by atoms with E-state index in [1.165, 1.54) is 11.1 Å². The number of nitrogens with zero attached hydrogens (tertiary/aromatic N) is 1. The van der Waals surface area contributed by atoms with Crippen LogP contribution in [0.15, 0.2) is 46.9 Å². The molecule has 1 N–H and O–H groups in total. The Morgan fingerprint density at radius 2 is 1.86 bits per heavy atom. The summed E-state index contributed by atoms with van der Waals surface area (Å²) in [6.07, 6.45) is 2.25. The number of aryl methyl sites for hydroxylation is 1. The van der Waals surface area contributed by atoms with Gasteiger partial charge in [0.05, 0.1) is 11.3 Å². The molecule has 0 atom stereocenters. The Hall–Kier alpha value is -1.79. The molecule has 0 heterocycles. The first-order valence-electron chi connectivity index (χ1n) is 7.18. The summed E-state index contributed by atoms with van der Waals surface area (Å²) in [6, 6.07) is 17.3. The van der Waals surface area contributed by atoms with Gasteiger partial charge in [-0.1, -0.05) is 45.8 Å². The molecular formula is C18H17BrN2. The lowest BCUT2D eigenvalue weighted by atomic mass is 9.75. The van der Waals surface area contributed by atoms with E-state index in [9.17, 15) is 0 Å². The third-order valence-electron chi connectivity index (χ3n) is 4.15. The SMILES string of the molecule is Cc1ccc(C2CC(Nc3cc(Br)ccc3C#N)C2)cc1. The zero-order valence-electron chi connectivity index (χ0n) is 11.9. The van der Waals surface area contributed by atoms with Gasteiger partial charge in [-0.15, -0.1) is 0 Å². The second kappa shape index (κ2) is 5.91. The van der Waals surface area contributed by atoms with Crippen LogP contribution < -0.4 is 5.32 Å². The Bertz CT molecular complexity index is 679. The highest BCUT2D eigenvalue weighted by molar-refractivity contribution is 9.10. The van der Waals surface area contributed by atoms with Crippen molar-refractivity contribution in [2.75, 3.05) is 5.32 Å². The molecule has 3 heteroatoms. The molecule has 21 heavy (non-hydrogen) atoms. The molecule has 2 nitrogen and oxygen atoms in total. The van der Waals surface area contributed by atoms with Crippen LogP contribution in [-0.4, -0.2) is 6.04 Å². The van der Waals surface area contributed by atoms with E-state index in [0.717, 1.165) is 23.0 Å². The zero-order valence-corrected chi connectivity index (χ0v) is 13.5. The van der Waals surface area contributed by atoms with Crippen molar-refractivity contribution in [3.05, 3.63) is 63.6 Å². The molecule has 0 aliphatic heterocycles. The molecule has 0 saturated heterocycles. The van der Waals surface area contributed by atoms with Crippen molar-refractivity contribution in [2.45, 2.75) is 31.7 Å². The second-order valence-electron chi connectivity index (χ2n) is 5.72. The monoisotopic (exact) mass is 340 g/mol. The van der Waals surface area contributed by atoms with Crippen molar-refractivity contribution in [3.8, 4) is 6.07 Å². The van der Waals surface area contributed by atoms with Crippen molar-refractivity contribution < 1.29 is 0 Å². The van der Waals surface area contributed by atoms with Crippen LogP contribution in [0.5, 0.6) is 0 Å². The third kappa shape index (κ3) is 3.11. The molecule has 1 aliphatic carbocycles. The highest BCUT2D eigenvalue weighted by Crippen LogP contribution is 2.39. The predicted molar refractivity (Wildman–Crippen MR) is 89.4 cm³/mol. The molecule has 1 fully saturated rings. The van der Waals surface area contributed by atoms with Gasteiger partial charge < -0.3 is 5.32 Å². The zero-order chi connectivity index (χ0) is 14.8. The van der Waals surface area contributed by atoms with Crippen molar-refractivity contribution in [2.24, 2.45) is 0 Å². The van der Waals surface area contributed by atoms with Crippen molar-refractivity contribution >= 4 is 21.6 Å². The first-order chi connectivity index (χ1) is 10.2. The summed E-state index contributed by atoms with van der Waals surface area (Å²) < 4.78 is 0.999. The lowest BCUT2D eigenvalue weighted by Crippen LogP contribution is -2.34. The highest BCUT2D eigenvalue weighted by Gasteiger charge is 2.30. The van der Waals surface area contributed by atoms with Crippen LogP contribution in [0.1, 0.15) is 35.4 Å². The normalized spacial score (nSPS) is 20.4. The van der Waals surface area contributed by atoms with Crippen LogP contribution in [0.2, 0.25) is 0 Å². The molecule has 0 aromatic heterocycles. The average Bonchev–Trinajstić information content (AvgIpc) is 2.44. The van der Waals surface area contributed by atoms with Crippen molar-refractivity contribution in [3.63, 3.8) is 0 Å². The van der Waals surface area contributed by atoms with Gasteiger partial charge in [0.1, 0.15) is 6.07 Å². The Morgan fingerprint density at radius 1 is 1.14 bits per heavy atom. The molecule has 2 aromatic carbocycles. The molecule has 0 spiro atoms. The van der Waals surface area contributed by atoms with Crippen LogP contribution in [0, 0.1) is 18.3 Å². The molecular weight excluding hydrogens is 324 g/mol. The summed E-state index contributed by atoms with van der Waals surface area (Å²) in [5.41, 5.74) is 4.37. The number of rotatable bonds is 3. The Balaban J connectivity index is 1.64. The number of benzene rings is 2. The van der Waals surface area contributed by atoms with E-state index in [1.54, 1.807) is 0 Å². The lowest BCUT2D eigenvalue weighted by Gasteiger charge is -2.37. The second-order valence-corrected chi connectivity index (χ2v) is 6.64. The van der Waals surface area contributed by atoms with Gasteiger partial charge in [-0.25, -0.2) is 0 Å². The van der Waals surface area contributed by atoms with E-state index in [4.69, 9.17) is 5.26 Å². The number of anilines is 1. The fourth-order valence-corrected chi connectivity index (χ4v) is 3.16. The Labute approximate surface area is 133 Å². The molecule has 2 aromatic rings. The fourth-order valence-electron chi connectivity index (χ4n) is 2.80. The van der Waals surface area contributed by atoms with E-state index in [2.05, 4.69) is 58.5 Å². The largest absolute Gasteiger partial charge is 0.381 e. The maximum Gasteiger partial charge on any atom is 0.101 e. The van der Waals surface area contributed by atoms with Gasteiger partial charge in [0.25, 0.3) is 0 Å². The predicted octanol–water partition coefficient (Wildman–Crippen LogP) is 4.99. The minimum absolute atomic E-state index is 0.456. The van der Waals surface area contributed by atoms with E-state index >= 15 is 0 Å². The Morgan fingerprint density at radius 3 is 2.52 bits per heavy atom. The smallest absolute Gasteiger partial charge is 0.101 e. The van der Waals surface area contributed by atoms with Crippen molar-refractivity contribution in [1.82, 2.24) is 0 Å². The lowest BCUT2D eigenvalue weighted by molar-refractivity contribution is 0.374. The fraction of sp³-hybridized carbons (Fsp3) is 0.278. The number of nitriles is 1. The van der Waals surface area contributed by atoms with E-state index in [0.29, 0.717) is 17.5 Å². The molecule has 1 saturated carbocycles. The van der Waals surface area contributed by atoms with Gasteiger partial charge >= 0.3 is 0 Å². The van der Waals surface area contributed by atoms with Crippen LogP contribution in [0.25, 0.3) is 0 Å².